The SMILES string of the molecule is CCOC(=O)COCc1ccc(Cn2ccc3nc(N)nc(Cl)c32)c(OC)c1. The number of methoxy groups -OCH3 is 1. The van der Waals surface area contributed by atoms with E-state index in [-0.39, 0.29) is 25.1 Å². The van der Waals surface area contributed by atoms with Crippen molar-refractivity contribution in [2.24, 2.45) is 0 Å². The number of hydrogen-bond donors (Lipinski definition) is 1. The Morgan fingerprint density at radius 3 is 2.86 bits per heavy atom. The van der Waals surface area contributed by atoms with Gasteiger partial charge >= 0.3 is 5.97 Å². The van der Waals surface area contributed by atoms with E-state index in [9.17, 15) is 4.79 Å². The van der Waals surface area contributed by atoms with Gasteiger partial charge in [0.2, 0.25) is 5.95 Å². The lowest BCUT2D eigenvalue weighted by molar-refractivity contribution is -0.148. The molecule has 9 heteroatoms. The molecule has 2 N–H and O–H groups in total. The van der Waals surface area contributed by atoms with E-state index in [1.165, 1.54) is 0 Å². The second kappa shape index (κ2) is 8.90. The fourth-order valence-corrected chi connectivity index (χ4v) is 3.15. The predicted molar refractivity (Wildman–Crippen MR) is 105 cm³/mol. The lowest BCUT2D eigenvalue weighted by Crippen LogP contribution is -2.12. The molecular formula is C19H21ClN4O4. The van der Waals surface area contributed by atoms with Gasteiger partial charge in [0.15, 0.2) is 5.15 Å². The number of hydrogen-bond acceptors (Lipinski definition) is 7. The van der Waals surface area contributed by atoms with Crippen molar-refractivity contribution in [2.75, 3.05) is 26.1 Å². The highest BCUT2D eigenvalue weighted by molar-refractivity contribution is 6.33. The smallest absolute Gasteiger partial charge is 0.332 e. The molecule has 0 saturated heterocycles. The van der Waals surface area contributed by atoms with Crippen LogP contribution >= 0.6 is 11.6 Å². The number of fused-ring (bicyclic) bond motifs is 1. The first-order valence-electron chi connectivity index (χ1n) is 8.68. The minimum absolute atomic E-state index is 0.0884. The van der Waals surface area contributed by atoms with Crippen LogP contribution in [0.2, 0.25) is 5.15 Å². The molecule has 8 nitrogen and oxygen atoms in total. The molecule has 0 aliphatic heterocycles. The summed E-state index contributed by atoms with van der Waals surface area (Å²) in [6.45, 7) is 2.80. The van der Waals surface area contributed by atoms with Crippen molar-refractivity contribution in [1.29, 1.82) is 0 Å². The van der Waals surface area contributed by atoms with Crippen LogP contribution in [0.3, 0.4) is 0 Å². The molecule has 0 unspecified atom stereocenters. The van der Waals surface area contributed by atoms with E-state index in [4.69, 9.17) is 31.5 Å². The first-order valence-corrected chi connectivity index (χ1v) is 9.06. The number of rotatable bonds is 8. The van der Waals surface area contributed by atoms with E-state index in [1.54, 1.807) is 14.0 Å². The van der Waals surface area contributed by atoms with Gasteiger partial charge in [0, 0.05) is 11.8 Å². The molecule has 28 heavy (non-hydrogen) atoms. The summed E-state index contributed by atoms with van der Waals surface area (Å²) in [6.07, 6.45) is 1.88. The molecular weight excluding hydrogens is 384 g/mol. The van der Waals surface area contributed by atoms with Crippen LogP contribution in [0.25, 0.3) is 11.0 Å². The predicted octanol–water partition coefficient (Wildman–Crippen LogP) is 2.80. The number of carbonyl (C=O) groups is 1. The Balaban J connectivity index is 1.75. The first-order chi connectivity index (χ1) is 13.5. The average Bonchev–Trinajstić information content (AvgIpc) is 3.05. The third-order valence-electron chi connectivity index (χ3n) is 4.07. The number of anilines is 1. The minimum atomic E-state index is -0.384. The Labute approximate surface area is 167 Å². The van der Waals surface area contributed by atoms with Crippen molar-refractivity contribution < 1.29 is 19.0 Å². The van der Waals surface area contributed by atoms with Crippen LogP contribution in [-0.2, 0) is 27.4 Å². The first kappa shape index (κ1) is 19.9. The molecule has 0 aliphatic carbocycles. The highest BCUT2D eigenvalue weighted by atomic mass is 35.5. The number of ether oxygens (including phenoxy) is 3. The van der Waals surface area contributed by atoms with Gasteiger partial charge in [0.05, 0.1) is 32.4 Å². The summed E-state index contributed by atoms with van der Waals surface area (Å²) in [6, 6.07) is 7.58. The summed E-state index contributed by atoms with van der Waals surface area (Å²) in [5.74, 6) is 0.455. The van der Waals surface area contributed by atoms with Crippen molar-refractivity contribution in [3.63, 3.8) is 0 Å². The zero-order chi connectivity index (χ0) is 20.1. The van der Waals surface area contributed by atoms with Gasteiger partial charge in [-0.05, 0) is 24.6 Å². The standard InChI is InChI=1S/C19H21ClN4O4/c1-3-28-16(25)11-27-10-12-4-5-13(15(8-12)26-2)9-24-7-6-14-17(24)18(20)23-19(21)22-14/h4-8H,3,9-11H2,1-2H3,(H2,21,22,23). The van der Waals surface area contributed by atoms with Gasteiger partial charge in [-0.25, -0.2) is 9.78 Å². The van der Waals surface area contributed by atoms with E-state index in [2.05, 4.69) is 9.97 Å². The van der Waals surface area contributed by atoms with E-state index in [0.29, 0.717) is 35.1 Å². The van der Waals surface area contributed by atoms with Gasteiger partial charge in [-0.2, -0.15) is 4.98 Å². The highest BCUT2D eigenvalue weighted by Crippen LogP contribution is 2.26. The van der Waals surface area contributed by atoms with Crippen molar-refractivity contribution in [2.45, 2.75) is 20.1 Å². The summed E-state index contributed by atoms with van der Waals surface area (Å²) >= 11 is 6.24. The van der Waals surface area contributed by atoms with Crippen LogP contribution < -0.4 is 10.5 Å². The van der Waals surface area contributed by atoms with Gasteiger partial charge in [-0.3, -0.25) is 0 Å². The summed E-state index contributed by atoms with van der Waals surface area (Å²) in [5.41, 5.74) is 8.87. The second-order valence-corrected chi connectivity index (χ2v) is 6.35. The molecule has 0 amide bonds. The third-order valence-corrected chi connectivity index (χ3v) is 4.33. The van der Waals surface area contributed by atoms with Crippen molar-refractivity contribution in [3.8, 4) is 5.75 Å². The fraction of sp³-hybridized carbons (Fsp3) is 0.316. The van der Waals surface area contributed by atoms with Crippen LogP contribution in [0.1, 0.15) is 18.1 Å². The number of halogens is 1. The molecule has 2 heterocycles. The zero-order valence-electron chi connectivity index (χ0n) is 15.6. The number of nitrogens with two attached hydrogens (primary N) is 1. The topological polar surface area (TPSA) is 101 Å². The maximum absolute atomic E-state index is 11.3. The number of nitrogens with zero attached hydrogens (tertiary/aromatic N) is 3. The second-order valence-electron chi connectivity index (χ2n) is 5.99. The summed E-state index contributed by atoms with van der Waals surface area (Å²) in [4.78, 5) is 19.6. The number of aromatic nitrogens is 3. The molecule has 148 valence electrons. The van der Waals surface area contributed by atoms with E-state index in [1.807, 2.05) is 35.0 Å². The fourth-order valence-electron chi connectivity index (χ4n) is 2.86. The molecule has 1 aromatic carbocycles. The quantitative estimate of drug-likeness (QED) is 0.455. The van der Waals surface area contributed by atoms with Crippen molar-refractivity contribution in [1.82, 2.24) is 14.5 Å². The highest BCUT2D eigenvalue weighted by Gasteiger charge is 2.12. The molecule has 3 aromatic rings. The van der Waals surface area contributed by atoms with Crippen LogP contribution in [0.4, 0.5) is 5.95 Å². The maximum atomic E-state index is 11.3. The molecule has 0 atom stereocenters. The number of carbonyl (C=O) groups excluding carboxylic acids is 1. The summed E-state index contributed by atoms with van der Waals surface area (Å²) in [5, 5.41) is 0.301. The van der Waals surface area contributed by atoms with Gasteiger partial charge in [-0.15, -0.1) is 0 Å². The number of nitrogen functional groups attached to an aromatic ring is 1. The molecule has 0 radical (unpaired) electrons. The van der Waals surface area contributed by atoms with E-state index >= 15 is 0 Å². The average molecular weight is 405 g/mol. The lowest BCUT2D eigenvalue weighted by Gasteiger charge is -2.13. The lowest BCUT2D eigenvalue weighted by atomic mass is 10.1. The van der Waals surface area contributed by atoms with Crippen LogP contribution in [0.5, 0.6) is 5.75 Å². The molecule has 0 spiro atoms. The molecule has 0 saturated carbocycles. The number of benzene rings is 1. The number of esters is 1. The van der Waals surface area contributed by atoms with Crippen molar-refractivity contribution >= 4 is 34.6 Å². The van der Waals surface area contributed by atoms with Gasteiger partial charge in [0.1, 0.15) is 17.9 Å². The largest absolute Gasteiger partial charge is 0.496 e. The molecule has 0 bridgehead atoms. The molecule has 0 aliphatic rings. The van der Waals surface area contributed by atoms with Gasteiger partial charge < -0.3 is 24.5 Å². The van der Waals surface area contributed by atoms with Gasteiger partial charge in [0.25, 0.3) is 0 Å². The molecule has 3 rings (SSSR count). The summed E-state index contributed by atoms with van der Waals surface area (Å²) in [7, 11) is 1.60. The zero-order valence-corrected chi connectivity index (χ0v) is 16.4. The minimum Gasteiger partial charge on any atom is -0.496 e. The van der Waals surface area contributed by atoms with Crippen LogP contribution in [0.15, 0.2) is 30.5 Å². The maximum Gasteiger partial charge on any atom is 0.332 e. The Hall–Kier alpha value is -2.84. The van der Waals surface area contributed by atoms with Gasteiger partial charge in [-0.1, -0.05) is 23.7 Å². The van der Waals surface area contributed by atoms with Crippen LogP contribution in [-0.4, -0.2) is 40.8 Å². The third kappa shape index (κ3) is 4.52. The normalized spacial score (nSPS) is 11.0. The Morgan fingerprint density at radius 2 is 2.11 bits per heavy atom. The van der Waals surface area contributed by atoms with E-state index in [0.717, 1.165) is 11.1 Å². The Kier molecular flexibility index (Phi) is 6.33. The van der Waals surface area contributed by atoms with E-state index < -0.39 is 0 Å². The molecule has 2 aromatic heterocycles. The Bertz CT molecular complexity index is 989. The van der Waals surface area contributed by atoms with Crippen molar-refractivity contribution in [3.05, 3.63) is 46.7 Å². The Morgan fingerprint density at radius 1 is 1.29 bits per heavy atom. The monoisotopic (exact) mass is 404 g/mol. The summed E-state index contributed by atoms with van der Waals surface area (Å²) < 4.78 is 17.7. The van der Waals surface area contributed by atoms with Crippen LogP contribution in [0, 0.1) is 0 Å². The molecule has 0 fully saturated rings.